The summed E-state index contributed by atoms with van der Waals surface area (Å²) < 4.78 is 5.02. The van der Waals surface area contributed by atoms with Crippen molar-refractivity contribution in [1.82, 2.24) is 0 Å². The Morgan fingerprint density at radius 1 is 1.80 bits per heavy atom. The van der Waals surface area contributed by atoms with Crippen LogP contribution in [0.5, 0.6) is 0 Å². The molecule has 0 aliphatic carbocycles. The average Bonchev–Trinajstić information content (AvgIpc) is 2.38. The fraction of sp³-hybridized carbons (Fsp3) is 0.667. The van der Waals surface area contributed by atoms with Crippen molar-refractivity contribution in [2.24, 2.45) is 0 Å². The highest BCUT2D eigenvalue weighted by Gasteiger charge is 2.24. The van der Waals surface area contributed by atoms with E-state index in [2.05, 4.69) is 4.79 Å². The lowest BCUT2D eigenvalue weighted by Gasteiger charge is -1.98. The average molecular weight is 140 g/mol. The van der Waals surface area contributed by atoms with Gasteiger partial charge in [0, 0.05) is 6.61 Å². The molecule has 0 saturated carbocycles. The van der Waals surface area contributed by atoms with Crippen LogP contribution in [-0.4, -0.2) is 29.5 Å². The van der Waals surface area contributed by atoms with Crippen LogP contribution in [0.1, 0.15) is 12.8 Å². The third kappa shape index (κ3) is 1.50. The van der Waals surface area contributed by atoms with Crippen LogP contribution in [0.3, 0.4) is 0 Å². The summed E-state index contributed by atoms with van der Waals surface area (Å²) in [5.74, 6) is -0.250. The van der Waals surface area contributed by atoms with Crippen LogP contribution < -0.4 is 0 Å². The largest absolute Gasteiger partial charge is 0.370 e. The van der Waals surface area contributed by atoms with Gasteiger partial charge < -0.3 is 10.3 Å². The first-order chi connectivity index (χ1) is 4.84. The second-order valence-corrected chi connectivity index (χ2v) is 2.15. The van der Waals surface area contributed by atoms with Gasteiger partial charge in [-0.1, -0.05) is 0 Å². The highest BCUT2D eigenvalue weighted by molar-refractivity contribution is 6.27. The van der Waals surface area contributed by atoms with Crippen molar-refractivity contribution in [2.75, 3.05) is 6.61 Å². The first kappa shape index (κ1) is 7.12. The number of hydrogen-bond acceptors (Lipinski definition) is 2. The molecule has 1 aliphatic heterocycles. The minimum atomic E-state index is -0.365. The molecule has 4 nitrogen and oxygen atoms in total. The van der Waals surface area contributed by atoms with Crippen LogP contribution in [-0.2, 0) is 9.53 Å². The summed E-state index contributed by atoms with van der Waals surface area (Å²) >= 11 is 0. The van der Waals surface area contributed by atoms with Crippen LogP contribution in [0.25, 0.3) is 5.53 Å². The quantitative estimate of drug-likeness (QED) is 0.308. The van der Waals surface area contributed by atoms with Crippen LogP contribution in [0.2, 0.25) is 0 Å². The Balaban J connectivity index is 2.47. The maximum Gasteiger partial charge on any atom is 0.325 e. The van der Waals surface area contributed by atoms with Crippen molar-refractivity contribution in [3.8, 4) is 0 Å². The molecule has 1 rings (SSSR count). The molecule has 1 unspecified atom stereocenters. The summed E-state index contributed by atoms with van der Waals surface area (Å²) in [5, 5.41) is 0. The number of ether oxygens (including phenoxy) is 1. The lowest BCUT2D eigenvalue weighted by atomic mass is 10.2. The van der Waals surface area contributed by atoms with Gasteiger partial charge in [-0.2, -0.15) is 4.79 Å². The molecule has 0 aromatic heterocycles. The summed E-state index contributed by atoms with van der Waals surface area (Å²) in [5.41, 5.74) is 7.99. The Labute approximate surface area is 58.4 Å². The summed E-state index contributed by atoms with van der Waals surface area (Å²) in [6.45, 7) is 0.635. The Bertz CT molecular complexity index is 178. The monoisotopic (exact) mass is 140 g/mol. The zero-order valence-corrected chi connectivity index (χ0v) is 5.49. The van der Waals surface area contributed by atoms with E-state index in [1.165, 1.54) is 0 Å². The molecule has 1 saturated heterocycles. The molecular weight excluding hydrogens is 132 g/mol. The second-order valence-electron chi connectivity index (χ2n) is 2.15. The molecule has 10 heavy (non-hydrogen) atoms. The summed E-state index contributed by atoms with van der Waals surface area (Å²) in [7, 11) is 0. The number of Topliss-reactive ketones (excluding diaryl/α,β-unsaturated/α-hetero) is 1. The van der Waals surface area contributed by atoms with Crippen molar-refractivity contribution >= 4 is 12.0 Å². The van der Waals surface area contributed by atoms with Crippen molar-refractivity contribution in [1.29, 1.82) is 0 Å². The van der Waals surface area contributed by atoms with Gasteiger partial charge in [-0.25, -0.2) is 0 Å². The van der Waals surface area contributed by atoms with Crippen molar-refractivity contribution in [2.45, 2.75) is 18.9 Å². The van der Waals surface area contributed by atoms with Gasteiger partial charge in [0.15, 0.2) is 0 Å². The Hall–Kier alpha value is -0.990. The zero-order chi connectivity index (χ0) is 7.40. The molecule has 1 aliphatic rings. The number of carbonyl (C=O) groups is 1. The normalized spacial score (nSPS) is 23.8. The molecular formula is C6H8N2O2. The van der Waals surface area contributed by atoms with Crippen molar-refractivity contribution in [3.63, 3.8) is 0 Å². The topological polar surface area (TPSA) is 62.7 Å². The molecule has 0 spiro atoms. The number of rotatable bonds is 2. The lowest BCUT2D eigenvalue weighted by Crippen LogP contribution is -2.20. The Morgan fingerprint density at radius 2 is 2.60 bits per heavy atom. The maximum absolute atomic E-state index is 10.8. The van der Waals surface area contributed by atoms with Gasteiger partial charge in [0.05, 0.1) is 0 Å². The number of hydrogen-bond donors (Lipinski definition) is 0. The lowest BCUT2D eigenvalue weighted by molar-refractivity contribution is -0.124. The van der Waals surface area contributed by atoms with Gasteiger partial charge >= 0.3 is 6.21 Å². The summed E-state index contributed by atoms with van der Waals surface area (Å²) in [6, 6.07) is 0. The van der Waals surface area contributed by atoms with E-state index in [9.17, 15) is 4.79 Å². The first-order valence-electron chi connectivity index (χ1n) is 3.17. The zero-order valence-electron chi connectivity index (χ0n) is 5.49. The molecule has 54 valence electrons. The van der Waals surface area contributed by atoms with E-state index >= 15 is 0 Å². The van der Waals surface area contributed by atoms with Crippen molar-refractivity contribution in [3.05, 3.63) is 5.53 Å². The minimum absolute atomic E-state index is 0.250. The van der Waals surface area contributed by atoms with Crippen LogP contribution in [0, 0.1) is 0 Å². The highest BCUT2D eigenvalue weighted by Crippen LogP contribution is 2.11. The molecule has 0 aromatic rings. The third-order valence-corrected chi connectivity index (χ3v) is 1.43. The molecule has 0 aromatic carbocycles. The molecule has 1 atom stereocenters. The summed E-state index contributed by atoms with van der Waals surface area (Å²) in [6.07, 6.45) is 2.17. The van der Waals surface area contributed by atoms with E-state index in [-0.39, 0.29) is 11.9 Å². The number of carbonyl (C=O) groups excluding carboxylic acids is 1. The standard InChI is InChI=1S/C6H8N2O2/c7-8-4-5(9)6-2-1-3-10-6/h4,6H,1-3H2. The molecule has 0 radical (unpaired) electrons. The third-order valence-electron chi connectivity index (χ3n) is 1.43. The molecule has 0 bridgehead atoms. The Kier molecular flexibility index (Phi) is 2.31. The highest BCUT2D eigenvalue weighted by atomic mass is 16.5. The van der Waals surface area contributed by atoms with Gasteiger partial charge in [0.2, 0.25) is 0 Å². The van der Waals surface area contributed by atoms with Crippen LogP contribution in [0.15, 0.2) is 0 Å². The fourth-order valence-electron chi connectivity index (χ4n) is 0.942. The van der Waals surface area contributed by atoms with Gasteiger partial charge in [-0.3, -0.25) is 4.79 Å². The number of nitrogens with zero attached hydrogens (tertiary/aromatic N) is 2. The first-order valence-corrected chi connectivity index (χ1v) is 3.17. The SMILES string of the molecule is [N-]=[N+]=CC(=O)C1CCCO1. The molecule has 0 N–H and O–H groups in total. The van der Waals surface area contributed by atoms with Crippen LogP contribution in [0.4, 0.5) is 0 Å². The van der Waals surface area contributed by atoms with Gasteiger partial charge in [0.25, 0.3) is 5.78 Å². The van der Waals surface area contributed by atoms with Gasteiger partial charge in [-0.15, -0.1) is 0 Å². The predicted octanol–water partition coefficient (Wildman–Crippen LogP) is 0.0351. The summed E-state index contributed by atoms with van der Waals surface area (Å²) in [4.78, 5) is 13.4. The predicted molar refractivity (Wildman–Crippen MR) is 33.7 cm³/mol. The van der Waals surface area contributed by atoms with E-state index in [4.69, 9.17) is 10.3 Å². The smallest absolute Gasteiger partial charge is 0.325 e. The molecule has 1 heterocycles. The maximum atomic E-state index is 10.8. The Morgan fingerprint density at radius 3 is 3.10 bits per heavy atom. The van der Waals surface area contributed by atoms with E-state index in [0.717, 1.165) is 19.1 Å². The second kappa shape index (κ2) is 3.25. The molecule has 0 amide bonds. The van der Waals surface area contributed by atoms with Crippen molar-refractivity contribution < 1.29 is 14.3 Å². The van der Waals surface area contributed by atoms with Crippen LogP contribution >= 0.6 is 0 Å². The van der Waals surface area contributed by atoms with Gasteiger partial charge in [-0.05, 0) is 12.8 Å². The molecule has 1 fully saturated rings. The number of ketones is 1. The van der Waals surface area contributed by atoms with E-state index < -0.39 is 0 Å². The minimum Gasteiger partial charge on any atom is -0.370 e. The molecule has 4 heteroatoms. The van der Waals surface area contributed by atoms with E-state index in [1.807, 2.05) is 0 Å². The fourth-order valence-corrected chi connectivity index (χ4v) is 0.942. The van der Waals surface area contributed by atoms with E-state index in [0.29, 0.717) is 6.61 Å². The van der Waals surface area contributed by atoms with E-state index in [1.54, 1.807) is 0 Å². The van der Waals surface area contributed by atoms with Gasteiger partial charge in [0.1, 0.15) is 6.10 Å².